The number of fused-ring (bicyclic) bond motifs is 3. The number of nitrogens with zero attached hydrogens (tertiary/aromatic N) is 2. The molecular formula is C11H18N2O. The molecule has 0 aliphatic carbocycles. The highest BCUT2D eigenvalue weighted by Crippen LogP contribution is 2.31. The molecule has 4 heterocycles. The minimum Gasteiger partial charge on any atom is -0.302 e. The van der Waals surface area contributed by atoms with Gasteiger partial charge in [-0.1, -0.05) is 0 Å². The van der Waals surface area contributed by atoms with E-state index in [1.807, 2.05) is 0 Å². The van der Waals surface area contributed by atoms with Gasteiger partial charge in [-0.15, -0.1) is 0 Å². The van der Waals surface area contributed by atoms with Crippen LogP contribution in [0.3, 0.4) is 0 Å². The average Bonchev–Trinajstić information content (AvgIpc) is 2.66. The Bertz CT molecular complexity index is 246. The van der Waals surface area contributed by atoms with Gasteiger partial charge < -0.3 is 4.90 Å². The zero-order chi connectivity index (χ0) is 9.54. The number of hydrogen-bond acceptors (Lipinski definition) is 3. The van der Waals surface area contributed by atoms with E-state index in [0.29, 0.717) is 11.8 Å². The number of carbonyl (C=O) groups excluding carboxylic acids is 1. The van der Waals surface area contributed by atoms with Gasteiger partial charge in [0.05, 0.1) is 6.54 Å². The van der Waals surface area contributed by atoms with E-state index in [4.69, 9.17) is 0 Å². The summed E-state index contributed by atoms with van der Waals surface area (Å²) in [6.07, 6.45) is 3.51. The number of hydrogen-bond donors (Lipinski definition) is 0. The lowest BCUT2D eigenvalue weighted by atomic mass is 9.83. The number of piperidine rings is 3. The lowest BCUT2D eigenvalue weighted by molar-refractivity contribution is -0.117. The summed E-state index contributed by atoms with van der Waals surface area (Å²) in [6.45, 7) is 5.56. The quantitative estimate of drug-likeness (QED) is 0.602. The highest BCUT2D eigenvalue weighted by molar-refractivity contribution is 5.82. The molecule has 0 aromatic rings. The Labute approximate surface area is 85.1 Å². The molecule has 4 aliphatic heterocycles. The molecule has 0 aromatic heterocycles. The van der Waals surface area contributed by atoms with Crippen molar-refractivity contribution >= 4 is 5.78 Å². The monoisotopic (exact) mass is 194 g/mol. The summed E-state index contributed by atoms with van der Waals surface area (Å²) in [4.78, 5) is 16.2. The first-order valence-electron chi connectivity index (χ1n) is 5.81. The minimum absolute atomic E-state index is 0.446. The van der Waals surface area contributed by atoms with Crippen LogP contribution in [0.15, 0.2) is 0 Å². The summed E-state index contributed by atoms with van der Waals surface area (Å²) < 4.78 is 0. The van der Waals surface area contributed by atoms with Gasteiger partial charge in [-0.3, -0.25) is 9.69 Å². The third kappa shape index (κ3) is 1.39. The maximum atomic E-state index is 11.2. The summed E-state index contributed by atoms with van der Waals surface area (Å²) in [5.74, 6) is 1.33. The van der Waals surface area contributed by atoms with Gasteiger partial charge in [-0.05, 0) is 31.8 Å². The van der Waals surface area contributed by atoms with E-state index in [2.05, 4.69) is 9.80 Å². The van der Waals surface area contributed by atoms with Gasteiger partial charge in [0.15, 0.2) is 0 Å². The van der Waals surface area contributed by atoms with Crippen LogP contribution in [0, 0.1) is 5.92 Å². The van der Waals surface area contributed by atoms with Gasteiger partial charge in [0.1, 0.15) is 5.78 Å². The van der Waals surface area contributed by atoms with Crippen LogP contribution in [-0.4, -0.2) is 54.3 Å². The lowest BCUT2D eigenvalue weighted by Gasteiger charge is -2.48. The molecule has 0 radical (unpaired) electrons. The van der Waals surface area contributed by atoms with Gasteiger partial charge in [0, 0.05) is 25.6 Å². The molecule has 3 nitrogen and oxygen atoms in total. The molecular weight excluding hydrogens is 176 g/mol. The fourth-order valence-corrected chi connectivity index (χ4v) is 3.28. The Hall–Kier alpha value is -0.410. The van der Waals surface area contributed by atoms with Crippen molar-refractivity contribution in [2.75, 3.05) is 32.7 Å². The van der Waals surface area contributed by atoms with E-state index in [1.165, 1.54) is 32.5 Å². The maximum absolute atomic E-state index is 11.2. The summed E-state index contributed by atoms with van der Waals surface area (Å²) in [7, 11) is 0. The van der Waals surface area contributed by atoms with Gasteiger partial charge in [-0.2, -0.15) is 0 Å². The second kappa shape index (κ2) is 3.31. The number of rotatable bonds is 1. The van der Waals surface area contributed by atoms with Crippen molar-refractivity contribution in [3.63, 3.8) is 0 Å². The molecule has 0 saturated carbocycles. The van der Waals surface area contributed by atoms with Crippen molar-refractivity contribution in [2.45, 2.75) is 25.3 Å². The Morgan fingerprint density at radius 2 is 1.93 bits per heavy atom. The first kappa shape index (κ1) is 8.86. The van der Waals surface area contributed by atoms with Crippen LogP contribution in [0.4, 0.5) is 0 Å². The zero-order valence-corrected chi connectivity index (χ0v) is 8.61. The van der Waals surface area contributed by atoms with Gasteiger partial charge in [0.25, 0.3) is 0 Å². The first-order chi connectivity index (χ1) is 6.83. The second-order valence-electron chi connectivity index (χ2n) is 4.96. The molecule has 1 atom stereocenters. The zero-order valence-electron chi connectivity index (χ0n) is 8.61. The van der Waals surface area contributed by atoms with Crippen LogP contribution >= 0.6 is 0 Å². The molecule has 0 N–H and O–H groups in total. The van der Waals surface area contributed by atoms with E-state index in [9.17, 15) is 4.79 Å². The molecule has 4 rings (SSSR count). The fourth-order valence-electron chi connectivity index (χ4n) is 3.28. The van der Waals surface area contributed by atoms with Crippen molar-refractivity contribution < 1.29 is 4.79 Å². The van der Waals surface area contributed by atoms with E-state index in [-0.39, 0.29) is 0 Å². The Kier molecular flexibility index (Phi) is 2.10. The molecule has 0 spiro atoms. The second-order valence-corrected chi connectivity index (χ2v) is 4.96. The third-order valence-corrected chi connectivity index (χ3v) is 4.15. The van der Waals surface area contributed by atoms with Crippen LogP contribution in [0.5, 0.6) is 0 Å². The summed E-state index contributed by atoms with van der Waals surface area (Å²) in [5.41, 5.74) is 0. The molecule has 4 aliphatic rings. The standard InChI is InChI=1S/C11H18N2O/c14-10-3-6-13(7-10)11-8-12-4-1-9(11)2-5-12/h9,11H,1-8H2. The Balaban J connectivity index is 1.70. The molecule has 4 saturated heterocycles. The molecule has 3 heteroatoms. The fraction of sp³-hybridized carbons (Fsp3) is 0.909. The summed E-state index contributed by atoms with van der Waals surface area (Å²) in [6, 6.07) is 0.698. The van der Waals surface area contributed by atoms with E-state index >= 15 is 0 Å². The number of ketones is 1. The van der Waals surface area contributed by atoms with Crippen molar-refractivity contribution in [1.82, 2.24) is 9.80 Å². The molecule has 0 aromatic carbocycles. The Morgan fingerprint density at radius 3 is 2.43 bits per heavy atom. The normalized spacial score (nSPS) is 43.4. The Morgan fingerprint density at radius 1 is 1.14 bits per heavy atom. The highest BCUT2D eigenvalue weighted by Gasteiger charge is 2.39. The molecule has 14 heavy (non-hydrogen) atoms. The van der Waals surface area contributed by atoms with Gasteiger partial charge in [-0.25, -0.2) is 0 Å². The van der Waals surface area contributed by atoms with E-state index < -0.39 is 0 Å². The van der Waals surface area contributed by atoms with Crippen LogP contribution in [0.25, 0.3) is 0 Å². The van der Waals surface area contributed by atoms with Crippen molar-refractivity contribution in [2.24, 2.45) is 5.92 Å². The lowest BCUT2D eigenvalue weighted by Crippen LogP contribution is -2.56. The van der Waals surface area contributed by atoms with Crippen LogP contribution in [0.2, 0.25) is 0 Å². The smallest absolute Gasteiger partial charge is 0.148 e. The van der Waals surface area contributed by atoms with Crippen molar-refractivity contribution in [3.8, 4) is 0 Å². The SMILES string of the molecule is O=C1CCN(C2CN3CCC2CC3)C1. The van der Waals surface area contributed by atoms with Crippen molar-refractivity contribution in [3.05, 3.63) is 0 Å². The molecule has 78 valence electrons. The summed E-state index contributed by atoms with van der Waals surface area (Å²) in [5, 5.41) is 0. The van der Waals surface area contributed by atoms with Crippen LogP contribution in [0.1, 0.15) is 19.3 Å². The first-order valence-corrected chi connectivity index (χ1v) is 5.81. The van der Waals surface area contributed by atoms with E-state index in [0.717, 1.165) is 25.4 Å². The highest BCUT2D eigenvalue weighted by atomic mass is 16.1. The molecule has 4 fully saturated rings. The van der Waals surface area contributed by atoms with Crippen molar-refractivity contribution in [1.29, 1.82) is 0 Å². The maximum Gasteiger partial charge on any atom is 0.148 e. The topological polar surface area (TPSA) is 23.6 Å². The molecule has 0 amide bonds. The molecule has 1 unspecified atom stereocenters. The largest absolute Gasteiger partial charge is 0.302 e. The van der Waals surface area contributed by atoms with E-state index in [1.54, 1.807) is 0 Å². The van der Waals surface area contributed by atoms with Crippen LogP contribution < -0.4 is 0 Å². The minimum atomic E-state index is 0.446. The summed E-state index contributed by atoms with van der Waals surface area (Å²) >= 11 is 0. The number of likely N-dealkylation sites (tertiary alicyclic amines) is 1. The average molecular weight is 194 g/mol. The van der Waals surface area contributed by atoms with Crippen LogP contribution in [-0.2, 0) is 4.79 Å². The molecule has 2 bridgehead atoms. The van der Waals surface area contributed by atoms with Gasteiger partial charge in [0.2, 0.25) is 0 Å². The predicted molar refractivity (Wildman–Crippen MR) is 54.1 cm³/mol. The predicted octanol–water partition coefficient (Wildman–Crippen LogP) is 0.355. The third-order valence-electron chi connectivity index (χ3n) is 4.15. The number of carbonyl (C=O) groups is 1. The number of Topliss-reactive ketones (excluding diaryl/α,β-unsaturated/α-hetero) is 1. The van der Waals surface area contributed by atoms with Gasteiger partial charge >= 0.3 is 0 Å².